The molecule has 150 valence electrons. The maximum Gasteiger partial charge on any atom is 0.273 e. The van der Waals surface area contributed by atoms with E-state index >= 15 is 0 Å². The number of nitrogens with zero attached hydrogens (tertiary/aromatic N) is 1. The van der Waals surface area contributed by atoms with Gasteiger partial charge in [-0.3, -0.25) is 25.2 Å². The van der Waals surface area contributed by atoms with Crippen LogP contribution in [0.1, 0.15) is 15.9 Å². The van der Waals surface area contributed by atoms with Crippen LogP contribution in [0, 0.1) is 0 Å². The van der Waals surface area contributed by atoms with Gasteiger partial charge < -0.3 is 14.6 Å². The van der Waals surface area contributed by atoms with Crippen molar-refractivity contribution >= 4 is 28.6 Å². The first-order chi connectivity index (χ1) is 14.0. The van der Waals surface area contributed by atoms with Crippen LogP contribution in [-0.4, -0.2) is 48.3 Å². The standard InChI is InChI=1S/C21H22N4O4/c1-25(2)20(27)13-29-18-10-6-4-8-16(18)21(28)24-23-19(26)11-14-12-22-17-9-5-3-7-15(14)17/h3-10,12,22H,11,13H2,1-2H3,(H,23,26)(H,24,28). The molecule has 0 unspecified atom stereocenters. The molecule has 3 N–H and O–H groups in total. The number of fused-ring (bicyclic) bond motifs is 1. The summed E-state index contributed by atoms with van der Waals surface area (Å²) in [5.41, 5.74) is 6.79. The number of aromatic nitrogens is 1. The van der Waals surface area contributed by atoms with Crippen LogP contribution in [0.15, 0.2) is 54.7 Å². The average molecular weight is 394 g/mol. The number of hydrogen-bond acceptors (Lipinski definition) is 4. The molecule has 3 aromatic rings. The topological polar surface area (TPSA) is 104 Å². The van der Waals surface area contributed by atoms with Crippen molar-refractivity contribution < 1.29 is 19.1 Å². The Morgan fingerprint density at radius 2 is 1.72 bits per heavy atom. The van der Waals surface area contributed by atoms with Gasteiger partial charge >= 0.3 is 0 Å². The third-order valence-electron chi connectivity index (χ3n) is 4.32. The van der Waals surface area contributed by atoms with Gasteiger partial charge in [-0.15, -0.1) is 0 Å². The van der Waals surface area contributed by atoms with Crippen molar-refractivity contribution in [2.45, 2.75) is 6.42 Å². The van der Waals surface area contributed by atoms with E-state index in [0.717, 1.165) is 16.5 Å². The number of rotatable bonds is 6. The molecule has 29 heavy (non-hydrogen) atoms. The fourth-order valence-corrected chi connectivity index (χ4v) is 2.74. The number of H-pyrrole nitrogens is 1. The molecule has 0 bridgehead atoms. The van der Waals surface area contributed by atoms with E-state index in [2.05, 4.69) is 15.8 Å². The molecule has 0 atom stereocenters. The van der Waals surface area contributed by atoms with Crippen molar-refractivity contribution in [1.29, 1.82) is 0 Å². The van der Waals surface area contributed by atoms with Crippen molar-refractivity contribution in [2.24, 2.45) is 0 Å². The third kappa shape index (κ3) is 4.92. The second kappa shape index (κ2) is 8.92. The lowest BCUT2D eigenvalue weighted by atomic mass is 10.1. The van der Waals surface area contributed by atoms with Gasteiger partial charge in [-0.25, -0.2) is 0 Å². The molecule has 0 fully saturated rings. The van der Waals surface area contributed by atoms with Crippen LogP contribution in [0.4, 0.5) is 0 Å². The highest BCUT2D eigenvalue weighted by Crippen LogP contribution is 2.19. The molecular weight excluding hydrogens is 372 g/mol. The van der Waals surface area contributed by atoms with Crippen molar-refractivity contribution in [3.8, 4) is 5.75 Å². The Labute approximate surface area is 167 Å². The summed E-state index contributed by atoms with van der Waals surface area (Å²) in [6.07, 6.45) is 1.89. The molecule has 0 saturated heterocycles. The molecule has 0 saturated carbocycles. The monoisotopic (exact) mass is 394 g/mol. The van der Waals surface area contributed by atoms with Crippen LogP contribution in [0.25, 0.3) is 10.9 Å². The zero-order valence-corrected chi connectivity index (χ0v) is 16.2. The predicted molar refractivity (Wildman–Crippen MR) is 108 cm³/mol. The number of aromatic amines is 1. The van der Waals surface area contributed by atoms with Crippen LogP contribution >= 0.6 is 0 Å². The second-order valence-corrected chi connectivity index (χ2v) is 6.61. The number of carbonyl (C=O) groups excluding carboxylic acids is 3. The smallest absolute Gasteiger partial charge is 0.273 e. The number of likely N-dealkylation sites (N-methyl/N-ethyl adjacent to an activating group) is 1. The van der Waals surface area contributed by atoms with E-state index in [1.807, 2.05) is 24.3 Å². The highest BCUT2D eigenvalue weighted by atomic mass is 16.5. The first kappa shape index (κ1) is 19.9. The Hall–Kier alpha value is -3.81. The maximum absolute atomic E-state index is 12.5. The number of amides is 3. The van der Waals surface area contributed by atoms with Gasteiger partial charge in [-0.2, -0.15) is 0 Å². The zero-order valence-electron chi connectivity index (χ0n) is 16.2. The SMILES string of the molecule is CN(C)C(=O)COc1ccccc1C(=O)NNC(=O)Cc1c[nH]c2ccccc12. The number of hydrazine groups is 1. The Kier molecular flexibility index (Phi) is 6.13. The maximum atomic E-state index is 12.5. The predicted octanol–water partition coefficient (Wildman–Crippen LogP) is 1.64. The number of ether oxygens (including phenoxy) is 1. The molecule has 0 radical (unpaired) electrons. The summed E-state index contributed by atoms with van der Waals surface area (Å²) in [4.78, 5) is 40.9. The molecule has 0 aliphatic heterocycles. The quantitative estimate of drug-likeness (QED) is 0.553. The normalized spacial score (nSPS) is 10.4. The highest BCUT2D eigenvalue weighted by Gasteiger charge is 2.15. The Bertz CT molecular complexity index is 1040. The summed E-state index contributed by atoms with van der Waals surface area (Å²) < 4.78 is 5.45. The van der Waals surface area contributed by atoms with Crippen LogP contribution in [0.5, 0.6) is 5.75 Å². The lowest BCUT2D eigenvalue weighted by Crippen LogP contribution is -2.42. The van der Waals surface area contributed by atoms with Gasteiger partial charge in [0.15, 0.2) is 6.61 Å². The lowest BCUT2D eigenvalue weighted by Gasteiger charge is -2.14. The number of benzene rings is 2. The van der Waals surface area contributed by atoms with Gasteiger partial charge in [0.25, 0.3) is 11.8 Å². The lowest BCUT2D eigenvalue weighted by molar-refractivity contribution is -0.130. The van der Waals surface area contributed by atoms with E-state index in [4.69, 9.17) is 4.74 Å². The van der Waals surface area contributed by atoms with Gasteiger partial charge in [0.2, 0.25) is 5.91 Å². The minimum atomic E-state index is -0.537. The Balaban J connectivity index is 1.59. The molecule has 8 nitrogen and oxygen atoms in total. The fraction of sp³-hybridized carbons (Fsp3) is 0.190. The van der Waals surface area contributed by atoms with Crippen molar-refractivity contribution in [1.82, 2.24) is 20.7 Å². The van der Waals surface area contributed by atoms with Gasteiger partial charge in [-0.1, -0.05) is 30.3 Å². The minimum absolute atomic E-state index is 0.111. The summed E-state index contributed by atoms with van der Waals surface area (Å²) in [5, 5.41) is 0.957. The van der Waals surface area contributed by atoms with Crippen LogP contribution in [-0.2, 0) is 16.0 Å². The van der Waals surface area contributed by atoms with Gasteiger partial charge in [-0.05, 0) is 23.8 Å². The summed E-state index contributed by atoms with van der Waals surface area (Å²) in [6.45, 7) is -0.190. The van der Waals surface area contributed by atoms with Crippen LogP contribution in [0.2, 0.25) is 0 Å². The minimum Gasteiger partial charge on any atom is -0.483 e. The van der Waals surface area contributed by atoms with Gasteiger partial charge in [0.05, 0.1) is 12.0 Å². The number of carbonyl (C=O) groups is 3. The summed E-state index contributed by atoms with van der Waals surface area (Å²) >= 11 is 0. The molecule has 0 aliphatic rings. The third-order valence-corrected chi connectivity index (χ3v) is 4.32. The summed E-state index contributed by atoms with van der Waals surface area (Å²) in [5.74, 6) is -0.868. The van der Waals surface area contributed by atoms with Crippen molar-refractivity contribution in [3.63, 3.8) is 0 Å². The first-order valence-corrected chi connectivity index (χ1v) is 9.02. The van der Waals surface area contributed by atoms with Crippen LogP contribution < -0.4 is 15.6 Å². The average Bonchev–Trinajstić information content (AvgIpc) is 3.13. The number of hydrogen-bond donors (Lipinski definition) is 3. The molecule has 3 rings (SSSR count). The Morgan fingerprint density at radius 3 is 2.52 bits per heavy atom. The van der Waals surface area contributed by atoms with Gasteiger partial charge in [0, 0.05) is 31.2 Å². The zero-order chi connectivity index (χ0) is 20.8. The fourth-order valence-electron chi connectivity index (χ4n) is 2.74. The van der Waals surface area contributed by atoms with Crippen LogP contribution in [0.3, 0.4) is 0 Å². The molecular formula is C21H22N4O4. The van der Waals surface area contributed by atoms with E-state index in [9.17, 15) is 14.4 Å². The molecule has 0 spiro atoms. The number of para-hydroxylation sites is 2. The molecule has 1 heterocycles. The first-order valence-electron chi connectivity index (χ1n) is 9.02. The summed E-state index contributed by atoms with van der Waals surface area (Å²) in [6, 6.07) is 14.2. The van der Waals surface area contributed by atoms with E-state index in [1.54, 1.807) is 44.6 Å². The van der Waals surface area contributed by atoms with E-state index in [0.29, 0.717) is 0 Å². The molecule has 0 aliphatic carbocycles. The number of nitrogens with one attached hydrogen (secondary N) is 3. The van der Waals surface area contributed by atoms with Crippen molar-refractivity contribution in [3.05, 3.63) is 65.9 Å². The van der Waals surface area contributed by atoms with E-state index < -0.39 is 5.91 Å². The largest absolute Gasteiger partial charge is 0.483 e. The second-order valence-electron chi connectivity index (χ2n) is 6.61. The van der Waals surface area contributed by atoms with Gasteiger partial charge in [0.1, 0.15) is 5.75 Å². The molecule has 2 aromatic carbocycles. The van der Waals surface area contributed by atoms with E-state index in [-0.39, 0.29) is 36.2 Å². The Morgan fingerprint density at radius 1 is 1.00 bits per heavy atom. The van der Waals surface area contributed by atoms with E-state index in [1.165, 1.54) is 4.90 Å². The molecule has 8 heteroatoms. The summed E-state index contributed by atoms with van der Waals surface area (Å²) in [7, 11) is 3.24. The molecule has 3 amide bonds. The van der Waals surface area contributed by atoms with Crippen molar-refractivity contribution in [2.75, 3.05) is 20.7 Å². The molecule has 1 aromatic heterocycles. The highest BCUT2D eigenvalue weighted by molar-refractivity contribution is 5.98.